The van der Waals surface area contributed by atoms with Gasteiger partial charge < -0.3 is 4.90 Å². The van der Waals surface area contributed by atoms with Crippen molar-refractivity contribution in [2.24, 2.45) is 16.8 Å². The highest BCUT2D eigenvalue weighted by molar-refractivity contribution is 5.80. The summed E-state index contributed by atoms with van der Waals surface area (Å²) in [7, 11) is 0. The number of hydrazine groups is 1. The van der Waals surface area contributed by atoms with Crippen LogP contribution in [0.3, 0.4) is 0 Å². The van der Waals surface area contributed by atoms with Gasteiger partial charge in [-0.1, -0.05) is 27.7 Å². The molecule has 0 saturated heterocycles. The van der Waals surface area contributed by atoms with Crippen LogP contribution in [0, 0.1) is 5.92 Å². The molecular weight excluding hydrogens is 212 g/mol. The van der Waals surface area contributed by atoms with Crippen LogP contribution in [-0.4, -0.2) is 29.5 Å². The Morgan fingerprint density at radius 2 is 1.94 bits per heavy atom. The van der Waals surface area contributed by atoms with E-state index in [4.69, 9.17) is 5.84 Å². The molecule has 0 heterocycles. The quantitative estimate of drug-likeness (QED) is 0.323. The topological polar surface area (TPSA) is 53.6 Å². The minimum atomic E-state index is 0.505. The van der Waals surface area contributed by atoms with Crippen molar-refractivity contribution in [2.75, 3.05) is 6.54 Å². The van der Waals surface area contributed by atoms with Crippen molar-refractivity contribution in [3.05, 3.63) is 0 Å². The Morgan fingerprint density at radius 3 is 2.29 bits per heavy atom. The van der Waals surface area contributed by atoms with Gasteiger partial charge >= 0.3 is 0 Å². The molecule has 4 nitrogen and oxygen atoms in total. The van der Waals surface area contributed by atoms with Gasteiger partial charge in [-0.15, -0.1) is 0 Å². The van der Waals surface area contributed by atoms with Gasteiger partial charge in [-0.3, -0.25) is 5.43 Å². The summed E-state index contributed by atoms with van der Waals surface area (Å²) in [6, 6.07) is 1.04. The van der Waals surface area contributed by atoms with Crippen molar-refractivity contribution in [1.82, 2.24) is 10.3 Å². The Morgan fingerprint density at radius 1 is 1.35 bits per heavy atom. The van der Waals surface area contributed by atoms with Crippen LogP contribution < -0.4 is 11.3 Å². The Bertz CT molecular complexity index is 242. The van der Waals surface area contributed by atoms with Crippen molar-refractivity contribution >= 4 is 5.96 Å². The summed E-state index contributed by atoms with van der Waals surface area (Å²) >= 11 is 0. The molecule has 3 N–H and O–H groups in total. The lowest BCUT2D eigenvalue weighted by atomic mass is 10.1. The maximum atomic E-state index is 5.65. The van der Waals surface area contributed by atoms with Crippen molar-refractivity contribution in [3.63, 3.8) is 0 Å². The van der Waals surface area contributed by atoms with E-state index in [1.165, 1.54) is 12.8 Å². The molecule has 4 heteroatoms. The van der Waals surface area contributed by atoms with Crippen LogP contribution in [0.1, 0.15) is 53.4 Å². The number of nitrogens with two attached hydrogens (primary N) is 1. The Kier molecular flexibility index (Phi) is 5.75. The van der Waals surface area contributed by atoms with Crippen LogP contribution in [0.5, 0.6) is 0 Å². The number of nitrogens with zero attached hydrogens (tertiary/aromatic N) is 2. The van der Waals surface area contributed by atoms with Gasteiger partial charge in [-0.05, 0) is 31.6 Å². The smallest absolute Gasteiger partial charge is 0.208 e. The van der Waals surface area contributed by atoms with Gasteiger partial charge in [0.25, 0.3) is 0 Å². The third kappa shape index (κ3) is 4.54. The van der Waals surface area contributed by atoms with Crippen LogP contribution in [0.4, 0.5) is 0 Å². The van der Waals surface area contributed by atoms with Crippen LogP contribution in [0.25, 0.3) is 0 Å². The number of guanidine groups is 1. The van der Waals surface area contributed by atoms with E-state index in [1.807, 2.05) is 0 Å². The van der Waals surface area contributed by atoms with E-state index in [0.717, 1.165) is 25.3 Å². The van der Waals surface area contributed by atoms with Crippen molar-refractivity contribution < 1.29 is 0 Å². The van der Waals surface area contributed by atoms with E-state index >= 15 is 0 Å². The molecule has 0 amide bonds. The first kappa shape index (κ1) is 14.3. The largest absolute Gasteiger partial charge is 0.339 e. The fourth-order valence-electron chi connectivity index (χ4n) is 2.10. The van der Waals surface area contributed by atoms with Crippen LogP contribution in [-0.2, 0) is 0 Å². The molecular formula is C13H28N4. The highest BCUT2D eigenvalue weighted by atomic mass is 15.4. The van der Waals surface area contributed by atoms with Crippen LogP contribution >= 0.6 is 0 Å². The fraction of sp³-hybridized carbons (Fsp3) is 0.923. The molecule has 0 atom stereocenters. The maximum Gasteiger partial charge on any atom is 0.208 e. The minimum absolute atomic E-state index is 0.505. The third-order valence-electron chi connectivity index (χ3n) is 3.20. The summed E-state index contributed by atoms with van der Waals surface area (Å²) in [6.45, 7) is 9.95. The first-order chi connectivity index (χ1) is 8.12. The van der Waals surface area contributed by atoms with Crippen molar-refractivity contribution in [2.45, 2.75) is 65.5 Å². The standard InChI is InChI=1S/C13H28N4/c1-5-12(6-2)17(9-10(3)4)13(16-14)15-11-7-8-11/h10-12H,5-9,14H2,1-4H3,(H,15,16). The first-order valence-corrected chi connectivity index (χ1v) is 6.93. The summed E-state index contributed by atoms with van der Waals surface area (Å²) in [4.78, 5) is 7.03. The molecule has 0 aromatic heterocycles. The number of hydrogen-bond acceptors (Lipinski definition) is 2. The zero-order valence-electron chi connectivity index (χ0n) is 11.7. The lowest BCUT2D eigenvalue weighted by molar-refractivity contribution is 0.258. The van der Waals surface area contributed by atoms with E-state index in [1.54, 1.807) is 0 Å². The van der Waals surface area contributed by atoms with Crippen LogP contribution in [0.15, 0.2) is 4.99 Å². The minimum Gasteiger partial charge on any atom is -0.339 e. The number of hydrogen-bond donors (Lipinski definition) is 2. The Balaban J connectivity index is 2.77. The highest BCUT2D eigenvalue weighted by Gasteiger charge is 2.25. The molecule has 0 spiro atoms. The van der Waals surface area contributed by atoms with Crippen molar-refractivity contribution in [1.29, 1.82) is 0 Å². The average molecular weight is 240 g/mol. The van der Waals surface area contributed by atoms with E-state index in [0.29, 0.717) is 18.0 Å². The van der Waals surface area contributed by atoms with Gasteiger partial charge in [-0.25, -0.2) is 10.8 Å². The van der Waals surface area contributed by atoms with Gasteiger partial charge in [0.15, 0.2) is 0 Å². The number of aliphatic imine (C=N–C) groups is 1. The van der Waals surface area contributed by atoms with E-state index in [9.17, 15) is 0 Å². The molecule has 0 aromatic rings. The summed E-state index contributed by atoms with van der Waals surface area (Å²) in [5.41, 5.74) is 2.80. The van der Waals surface area contributed by atoms with Crippen LogP contribution in [0.2, 0.25) is 0 Å². The normalized spacial score (nSPS) is 16.8. The molecule has 1 aliphatic rings. The van der Waals surface area contributed by atoms with Crippen molar-refractivity contribution in [3.8, 4) is 0 Å². The summed E-state index contributed by atoms with van der Waals surface area (Å²) < 4.78 is 0. The molecule has 1 rings (SSSR count). The number of rotatable bonds is 6. The lowest BCUT2D eigenvalue weighted by Crippen LogP contribution is -2.51. The molecule has 0 radical (unpaired) electrons. The van der Waals surface area contributed by atoms with Gasteiger partial charge in [0, 0.05) is 12.6 Å². The molecule has 0 bridgehead atoms. The molecule has 100 valence electrons. The molecule has 1 fully saturated rings. The third-order valence-corrected chi connectivity index (χ3v) is 3.20. The number of nitrogens with one attached hydrogen (secondary N) is 1. The molecule has 0 aromatic carbocycles. The maximum absolute atomic E-state index is 5.65. The molecule has 0 aliphatic heterocycles. The van der Waals surface area contributed by atoms with E-state index < -0.39 is 0 Å². The highest BCUT2D eigenvalue weighted by Crippen LogP contribution is 2.24. The van der Waals surface area contributed by atoms with Gasteiger partial charge in [0.05, 0.1) is 6.04 Å². The predicted molar refractivity (Wildman–Crippen MR) is 73.7 cm³/mol. The van der Waals surface area contributed by atoms with Gasteiger partial charge in [0.1, 0.15) is 0 Å². The lowest BCUT2D eigenvalue weighted by Gasteiger charge is -2.34. The zero-order chi connectivity index (χ0) is 12.8. The van der Waals surface area contributed by atoms with E-state index in [2.05, 4.69) is 43.0 Å². The first-order valence-electron chi connectivity index (χ1n) is 6.93. The Hall–Kier alpha value is -0.770. The summed E-state index contributed by atoms with van der Waals surface area (Å²) in [5.74, 6) is 7.15. The molecule has 17 heavy (non-hydrogen) atoms. The second-order valence-electron chi connectivity index (χ2n) is 5.34. The molecule has 0 unspecified atom stereocenters. The van der Waals surface area contributed by atoms with Gasteiger partial charge in [0.2, 0.25) is 5.96 Å². The molecule has 1 aliphatic carbocycles. The molecule has 1 saturated carbocycles. The SMILES string of the molecule is CCC(CC)N(CC(C)C)C(=NC1CC1)NN. The summed E-state index contributed by atoms with van der Waals surface area (Å²) in [5, 5.41) is 0. The Labute approximate surface area is 106 Å². The second-order valence-corrected chi connectivity index (χ2v) is 5.34. The monoisotopic (exact) mass is 240 g/mol. The summed E-state index contributed by atoms with van der Waals surface area (Å²) in [6.07, 6.45) is 4.69. The second kappa shape index (κ2) is 6.84. The van der Waals surface area contributed by atoms with E-state index in [-0.39, 0.29) is 0 Å². The predicted octanol–water partition coefficient (Wildman–Crippen LogP) is 2.11. The van der Waals surface area contributed by atoms with Gasteiger partial charge in [-0.2, -0.15) is 0 Å². The fourth-order valence-corrected chi connectivity index (χ4v) is 2.10. The zero-order valence-corrected chi connectivity index (χ0v) is 11.7. The average Bonchev–Trinajstić information content (AvgIpc) is 3.09.